The van der Waals surface area contributed by atoms with Gasteiger partial charge in [0, 0.05) is 27.9 Å². The highest BCUT2D eigenvalue weighted by molar-refractivity contribution is 6.26. The summed E-state index contributed by atoms with van der Waals surface area (Å²) in [6, 6.07) is 53.6. The zero-order chi connectivity index (χ0) is 39.8. The lowest BCUT2D eigenvalue weighted by atomic mass is 9.79. The summed E-state index contributed by atoms with van der Waals surface area (Å²) < 4.78 is 0. The second kappa shape index (κ2) is 11.9. The maximum Gasteiger partial charge on any atom is 0.0465 e. The first-order valence-corrected chi connectivity index (χ1v) is 20.8. The first kappa shape index (κ1) is 35.7. The summed E-state index contributed by atoms with van der Waals surface area (Å²) >= 11 is 0. The SMILES string of the molecule is CC(C)(C)c1ccc(N(c2ccc(C(C)(C)C)cc2)c2ccc3c(c2)C(C)(C)c2cc4c(cc2-3)C(C)(C)c2cc3c5ccccc5c5ccccc5c3cc2-4)cc1. The van der Waals surface area contributed by atoms with Crippen LogP contribution in [0.3, 0.4) is 0 Å². The third-order valence-electron chi connectivity index (χ3n) is 13.6. The summed E-state index contributed by atoms with van der Waals surface area (Å²) in [5.74, 6) is 0. The van der Waals surface area contributed by atoms with Gasteiger partial charge in [0.2, 0.25) is 0 Å². The lowest BCUT2D eigenvalue weighted by molar-refractivity contribution is 0.590. The van der Waals surface area contributed by atoms with Gasteiger partial charge in [-0.2, -0.15) is 0 Å². The van der Waals surface area contributed by atoms with Crippen molar-refractivity contribution in [3.8, 4) is 22.3 Å². The summed E-state index contributed by atoms with van der Waals surface area (Å²) in [5, 5.41) is 7.99. The van der Waals surface area contributed by atoms with Gasteiger partial charge >= 0.3 is 0 Å². The second-order valence-corrected chi connectivity index (χ2v) is 19.9. The van der Waals surface area contributed by atoms with Crippen molar-refractivity contribution in [1.29, 1.82) is 0 Å². The van der Waals surface area contributed by atoms with Crippen LogP contribution in [0.1, 0.15) is 103 Å². The smallest absolute Gasteiger partial charge is 0.0465 e. The van der Waals surface area contributed by atoms with Gasteiger partial charge in [-0.1, -0.05) is 148 Å². The highest BCUT2D eigenvalue weighted by Crippen LogP contribution is 2.58. The summed E-state index contributed by atoms with van der Waals surface area (Å²) in [4.78, 5) is 2.44. The molecule has 0 aliphatic heterocycles. The van der Waals surface area contributed by atoms with Crippen LogP contribution < -0.4 is 4.90 Å². The van der Waals surface area contributed by atoms with E-state index in [2.05, 4.69) is 214 Å². The average Bonchev–Trinajstić information content (AvgIpc) is 3.54. The summed E-state index contributed by atoms with van der Waals surface area (Å²) in [6.07, 6.45) is 0. The normalized spacial score (nSPS) is 15.1. The number of rotatable bonds is 3. The molecule has 282 valence electrons. The van der Waals surface area contributed by atoms with E-state index in [1.54, 1.807) is 0 Å². The quantitative estimate of drug-likeness (QED) is 0.163. The Morgan fingerprint density at radius 1 is 0.333 bits per heavy atom. The van der Waals surface area contributed by atoms with Gasteiger partial charge in [-0.15, -0.1) is 0 Å². The van der Waals surface area contributed by atoms with Gasteiger partial charge < -0.3 is 4.90 Å². The van der Waals surface area contributed by atoms with E-state index in [0.717, 1.165) is 0 Å². The fraction of sp³-hybridized carbons (Fsp3) is 0.250. The van der Waals surface area contributed by atoms with Crippen LogP contribution in [0.5, 0.6) is 0 Å². The number of hydrogen-bond acceptors (Lipinski definition) is 1. The van der Waals surface area contributed by atoms with Crippen LogP contribution in [0.2, 0.25) is 0 Å². The number of fused-ring (bicyclic) bond motifs is 12. The fourth-order valence-electron chi connectivity index (χ4n) is 10.2. The van der Waals surface area contributed by atoms with E-state index >= 15 is 0 Å². The maximum atomic E-state index is 2.56. The highest BCUT2D eigenvalue weighted by Gasteiger charge is 2.42. The third-order valence-corrected chi connectivity index (χ3v) is 13.6. The summed E-state index contributed by atoms with van der Waals surface area (Å²) in [6.45, 7) is 23.4. The molecular weight excluding hydrogens is 687 g/mol. The molecule has 57 heavy (non-hydrogen) atoms. The van der Waals surface area contributed by atoms with E-state index < -0.39 is 0 Å². The maximum absolute atomic E-state index is 2.56. The van der Waals surface area contributed by atoms with Crippen molar-refractivity contribution in [2.75, 3.05) is 4.90 Å². The molecule has 8 aromatic carbocycles. The van der Waals surface area contributed by atoms with Crippen molar-refractivity contribution in [3.63, 3.8) is 0 Å². The molecule has 0 fully saturated rings. The molecule has 0 spiro atoms. The number of nitrogens with zero attached hydrogens (tertiary/aromatic N) is 1. The van der Waals surface area contributed by atoms with Crippen LogP contribution >= 0.6 is 0 Å². The van der Waals surface area contributed by atoms with Gasteiger partial charge in [0.15, 0.2) is 0 Å². The number of benzene rings is 8. The summed E-state index contributed by atoms with van der Waals surface area (Å²) in [5.41, 5.74) is 17.2. The number of hydrogen-bond donors (Lipinski definition) is 0. The molecule has 0 heterocycles. The Morgan fingerprint density at radius 3 is 1.14 bits per heavy atom. The topological polar surface area (TPSA) is 3.24 Å². The molecular formula is C56H53N. The molecule has 0 saturated heterocycles. The molecule has 0 aromatic heterocycles. The molecule has 0 bridgehead atoms. The molecule has 0 saturated carbocycles. The molecule has 2 aliphatic rings. The molecule has 0 N–H and O–H groups in total. The van der Waals surface area contributed by atoms with Gasteiger partial charge in [-0.05, 0) is 159 Å². The van der Waals surface area contributed by atoms with Crippen LogP contribution in [0.15, 0.2) is 140 Å². The molecule has 10 rings (SSSR count). The van der Waals surface area contributed by atoms with E-state index in [-0.39, 0.29) is 21.7 Å². The predicted octanol–water partition coefficient (Wildman–Crippen LogP) is 15.8. The largest absolute Gasteiger partial charge is 0.310 e. The van der Waals surface area contributed by atoms with Crippen LogP contribution in [-0.4, -0.2) is 0 Å². The van der Waals surface area contributed by atoms with Crippen molar-refractivity contribution < 1.29 is 0 Å². The molecule has 8 aromatic rings. The zero-order valence-corrected chi connectivity index (χ0v) is 35.2. The van der Waals surface area contributed by atoms with E-state index in [4.69, 9.17) is 0 Å². The van der Waals surface area contributed by atoms with Crippen molar-refractivity contribution in [1.82, 2.24) is 0 Å². The van der Waals surface area contributed by atoms with Gasteiger partial charge in [0.1, 0.15) is 0 Å². The van der Waals surface area contributed by atoms with Crippen LogP contribution in [0.25, 0.3) is 54.6 Å². The first-order chi connectivity index (χ1) is 27.0. The first-order valence-electron chi connectivity index (χ1n) is 20.8. The molecule has 0 atom stereocenters. The molecule has 0 amide bonds. The molecule has 0 unspecified atom stereocenters. The molecule has 1 heteroatoms. The Morgan fingerprint density at radius 2 is 0.684 bits per heavy atom. The second-order valence-electron chi connectivity index (χ2n) is 19.9. The third kappa shape index (κ3) is 5.27. The fourth-order valence-corrected chi connectivity index (χ4v) is 10.2. The Hall–Kier alpha value is -5.66. The Kier molecular flexibility index (Phi) is 7.48. The average molecular weight is 740 g/mol. The predicted molar refractivity (Wildman–Crippen MR) is 246 cm³/mol. The lowest BCUT2D eigenvalue weighted by Crippen LogP contribution is -2.18. The minimum Gasteiger partial charge on any atom is -0.310 e. The molecule has 0 radical (unpaired) electrons. The van der Waals surface area contributed by atoms with Crippen molar-refractivity contribution in [2.45, 2.75) is 90.9 Å². The van der Waals surface area contributed by atoms with Gasteiger partial charge in [-0.25, -0.2) is 0 Å². The molecule has 2 aliphatic carbocycles. The zero-order valence-electron chi connectivity index (χ0n) is 35.2. The van der Waals surface area contributed by atoms with E-state index in [9.17, 15) is 0 Å². The van der Waals surface area contributed by atoms with Crippen molar-refractivity contribution >= 4 is 49.4 Å². The highest BCUT2D eigenvalue weighted by atomic mass is 15.1. The minimum atomic E-state index is -0.180. The monoisotopic (exact) mass is 739 g/mol. The van der Waals surface area contributed by atoms with Crippen LogP contribution in [0, 0.1) is 0 Å². The van der Waals surface area contributed by atoms with E-state index in [1.165, 1.54) is 105 Å². The molecule has 1 nitrogen and oxygen atoms in total. The van der Waals surface area contributed by atoms with Gasteiger partial charge in [0.05, 0.1) is 0 Å². The summed E-state index contributed by atoms with van der Waals surface area (Å²) in [7, 11) is 0. The minimum absolute atomic E-state index is 0.0890. The van der Waals surface area contributed by atoms with Gasteiger partial charge in [0.25, 0.3) is 0 Å². The van der Waals surface area contributed by atoms with E-state index in [0.29, 0.717) is 0 Å². The van der Waals surface area contributed by atoms with Crippen molar-refractivity contribution in [3.05, 3.63) is 173 Å². The lowest BCUT2D eigenvalue weighted by Gasteiger charge is -2.29. The standard InChI is InChI=1S/C56H53N/c1-53(2,3)34-19-23-36(24-20-34)57(37-25-21-35(22-26-37)54(4,5)6)38-27-28-43-47-32-52-48(33-51(47)55(7,8)49(43)29-38)46-30-44-41-17-13-11-15-39(41)40-16-12-14-18-42(40)45(44)31-50(46)56(52,9)10/h11-33H,1-10H3. The van der Waals surface area contributed by atoms with E-state index in [1.807, 2.05) is 0 Å². The van der Waals surface area contributed by atoms with Gasteiger partial charge in [-0.3, -0.25) is 0 Å². The van der Waals surface area contributed by atoms with Crippen LogP contribution in [0.4, 0.5) is 17.1 Å². The Labute approximate surface area is 339 Å². The Balaban J connectivity index is 1.12. The Bertz CT molecular complexity index is 2880. The van der Waals surface area contributed by atoms with Crippen molar-refractivity contribution in [2.24, 2.45) is 0 Å². The number of anilines is 3. The van der Waals surface area contributed by atoms with Crippen LogP contribution in [-0.2, 0) is 21.7 Å².